The minimum absolute atomic E-state index is 0.0912. The normalized spacial score (nSPS) is 21.5. The molecule has 0 atom stereocenters. The standard InChI is InChI=1S/C24H23NO5/c1-14-23-16(11-25(12-27-23)17-4-2-3-5-17)10-18-22(26)21(30-24(14)18)9-15-6-7-19-20(8-15)29-13-28-19/h6-10,17H,2-5,11-13H2,1H3/b21-9-. The Kier molecular flexibility index (Phi) is 4.03. The number of nitrogens with zero attached hydrogens (tertiary/aromatic N) is 1. The number of Topliss-reactive ketones (excluding diaryl/α,β-unsaturated/α-hetero) is 1. The molecule has 0 aromatic heterocycles. The minimum atomic E-state index is -0.0912. The van der Waals surface area contributed by atoms with Crippen LogP contribution in [0.5, 0.6) is 23.0 Å². The van der Waals surface area contributed by atoms with Crippen molar-refractivity contribution in [2.45, 2.75) is 45.2 Å². The molecule has 0 amide bonds. The van der Waals surface area contributed by atoms with Crippen LogP contribution >= 0.6 is 0 Å². The Morgan fingerprint density at radius 1 is 1.03 bits per heavy atom. The van der Waals surface area contributed by atoms with Crippen LogP contribution in [0.1, 0.15) is 52.7 Å². The molecule has 6 nitrogen and oxygen atoms in total. The molecular weight excluding hydrogens is 382 g/mol. The van der Waals surface area contributed by atoms with Gasteiger partial charge in [-0.25, -0.2) is 0 Å². The second kappa shape index (κ2) is 6.77. The Hall–Kier alpha value is -2.99. The Labute approximate surface area is 175 Å². The Morgan fingerprint density at radius 3 is 2.73 bits per heavy atom. The first-order chi connectivity index (χ1) is 14.7. The molecule has 1 aliphatic carbocycles. The summed E-state index contributed by atoms with van der Waals surface area (Å²) in [6, 6.07) is 8.13. The first-order valence-corrected chi connectivity index (χ1v) is 10.5. The lowest BCUT2D eigenvalue weighted by atomic mass is 9.99. The van der Waals surface area contributed by atoms with Crippen LogP contribution in [0.15, 0.2) is 30.0 Å². The molecule has 1 fully saturated rings. The van der Waals surface area contributed by atoms with E-state index >= 15 is 0 Å². The van der Waals surface area contributed by atoms with Gasteiger partial charge in [-0.15, -0.1) is 0 Å². The number of ketones is 1. The van der Waals surface area contributed by atoms with Gasteiger partial charge in [0.2, 0.25) is 12.6 Å². The van der Waals surface area contributed by atoms with E-state index in [9.17, 15) is 4.79 Å². The van der Waals surface area contributed by atoms with Crippen LogP contribution in [-0.4, -0.2) is 30.2 Å². The summed E-state index contributed by atoms with van der Waals surface area (Å²) in [5, 5.41) is 0. The lowest BCUT2D eigenvalue weighted by molar-refractivity contribution is 0.0570. The fourth-order valence-corrected chi connectivity index (χ4v) is 4.92. The van der Waals surface area contributed by atoms with Crippen molar-refractivity contribution in [2.24, 2.45) is 0 Å². The van der Waals surface area contributed by atoms with Gasteiger partial charge in [0.05, 0.1) is 5.56 Å². The highest BCUT2D eigenvalue weighted by atomic mass is 16.7. The van der Waals surface area contributed by atoms with Gasteiger partial charge in [-0.3, -0.25) is 9.69 Å². The highest BCUT2D eigenvalue weighted by Gasteiger charge is 2.35. The minimum Gasteiger partial charge on any atom is -0.477 e. The third-order valence-electron chi connectivity index (χ3n) is 6.50. The Balaban J connectivity index is 1.31. The van der Waals surface area contributed by atoms with E-state index in [-0.39, 0.29) is 12.6 Å². The van der Waals surface area contributed by atoms with Crippen LogP contribution in [0, 0.1) is 6.92 Å². The van der Waals surface area contributed by atoms with Gasteiger partial charge >= 0.3 is 0 Å². The highest BCUT2D eigenvalue weighted by Crippen LogP contribution is 2.44. The summed E-state index contributed by atoms with van der Waals surface area (Å²) < 4.78 is 22.9. The van der Waals surface area contributed by atoms with Crippen molar-refractivity contribution < 1.29 is 23.7 Å². The van der Waals surface area contributed by atoms with Crippen LogP contribution in [0.25, 0.3) is 6.08 Å². The number of fused-ring (bicyclic) bond motifs is 3. The maximum Gasteiger partial charge on any atom is 0.231 e. The van der Waals surface area contributed by atoms with Gasteiger partial charge < -0.3 is 18.9 Å². The topological polar surface area (TPSA) is 57.2 Å². The molecule has 0 saturated heterocycles. The smallest absolute Gasteiger partial charge is 0.231 e. The summed E-state index contributed by atoms with van der Waals surface area (Å²) in [6.45, 7) is 3.62. The number of carbonyl (C=O) groups is 1. The summed E-state index contributed by atoms with van der Waals surface area (Å²) in [5.41, 5.74) is 3.43. The summed E-state index contributed by atoms with van der Waals surface area (Å²) in [5.74, 6) is 3.10. The largest absolute Gasteiger partial charge is 0.477 e. The predicted molar refractivity (Wildman–Crippen MR) is 110 cm³/mol. The summed E-state index contributed by atoms with van der Waals surface area (Å²) in [4.78, 5) is 15.5. The van der Waals surface area contributed by atoms with Crippen LogP contribution in [0.4, 0.5) is 0 Å². The third kappa shape index (κ3) is 2.78. The van der Waals surface area contributed by atoms with E-state index in [1.807, 2.05) is 31.2 Å². The van der Waals surface area contributed by atoms with Crippen molar-refractivity contribution in [1.82, 2.24) is 4.90 Å². The molecule has 0 radical (unpaired) electrons. The maximum atomic E-state index is 13.1. The van der Waals surface area contributed by atoms with E-state index in [0.29, 0.717) is 41.3 Å². The first-order valence-electron chi connectivity index (χ1n) is 10.5. The number of hydrogen-bond acceptors (Lipinski definition) is 6. The number of benzene rings is 2. The van der Waals surface area contributed by atoms with Crippen molar-refractivity contribution in [2.75, 3.05) is 13.5 Å². The predicted octanol–water partition coefficient (Wildman–Crippen LogP) is 4.43. The van der Waals surface area contributed by atoms with E-state index in [0.717, 1.165) is 29.0 Å². The van der Waals surface area contributed by atoms with Gasteiger partial charge in [0.25, 0.3) is 0 Å². The second-order valence-corrected chi connectivity index (χ2v) is 8.38. The molecule has 6 heteroatoms. The Morgan fingerprint density at radius 2 is 1.87 bits per heavy atom. The van der Waals surface area contributed by atoms with Crippen molar-refractivity contribution in [3.8, 4) is 23.0 Å². The molecular formula is C24H23NO5. The number of carbonyl (C=O) groups excluding carboxylic acids is 1. The molecule has 0 bridgehead atoms. The van der Waals surface area contributed by atoms with Crippen molar-refractivity contribution in [3.63, 3.8) is 0 Å². The monoisotopic (exact) mass is 405 g/mol. The van der Waals surface area contributed by atoms with E-state index in [1.165, 1.54) is 25.7 Å². The number of hydrogen-bond donors (Lipinski definition) is 0. The molecule has 4 aliphatic rings. The molecule has 0 unspecified atom stereocenters. The van der Waals surface area contributed by atoms with Crippen LogP contribution in [0.3, 0.4) is 0 Å². The van der Waals surface area contributed by atoms with Crippen LogP contribution in [0.2, 0.25) is 0 Å². The highest BCUT2D eigenvalue weighted by molar-refractivity contribution is 6.15. The molecule has 2 aromatic carbocycles. The van der Waals surface area contributed by atoms with Gasteiger partial charge in [0.15, 0.2) is 17.3 Å². The van der Waals surface area contributed by atoms with Crippen molar-refractivity contribution >= 4 is 11.9 Å². The molecule has 1 saturated carbocycles. The van der Waals surface area contributed by atoms with Crippen LogP contribution < -0.4 is 18.9 Å². The van der Waals surface area contributed by atoms with E-state index in [1.54, 1.807) is 6.08 Å². The second-order valence-electron chi connectivity index (χ2n) is 8.38. The first kappa shape index (κ1) is 17.8. The number of rotatable bonds is 2. The van der Waals surface area contributed by atoms with Gasteiger partial charge in [-0.2, -0.15) is 0 Å². The van der Waals surface area contributed by atoms with E-state index < -0.39 is 0 Å². The van der Waals surface area contributed by atoms with E-state index in [2.05, 4.69) is 4.90 Å². The summed E-state index contributed by atoms with van der Waals surface area (Å²) >= 11 is 0. The fraction of sp³-hybridized carbons (Fsp3) is 0.375. The average Bonchev–Trinajstić information content (AvgIpc) is 3.50. The van der Waals surface area contributed by atoms with Crippen molar-refractivity contribution in [3.05, 3.63) is 52.3 Å². The zero-order chi connectivity index (χ0) is 20.2. The molecule has 154 valence electrons. The lowest BCUT2D eigenvalue weighted by Gasteiger charge is -2.34. The van der Waals surface area contributed by atoms with Crippen LogP contribution in [-0.2, 0) is 6.54 Å². The number of ether oxygens (including phenoxy) is 4. The molecule has 2 aromatic rings. The molecule has 3 heterocycles. The van der Waals surface area contributed by atoms with Gasteiger partial charge in [-0.1, -0.05) is 18.9 Å². The maximum absolute atomic E-state index is 13.1. The van der Waals surface area contributed by atoms with E-state index in [4.69, 9.17) is 18.9 Å². The third-order valence-corrected chi connectivity index (χ3v) is 6.50. The van der Waals surface area contributed by atoms with Gasteiger partial charge in [-0.05, 0) is 49.6 Å². The average molecular weight is 405 g/mol. The zero-order valence-corrected chi connectivity index (χ0v) is 16.9. The number of allylic oxidation sites excluding steroid dienone is 1. The summed E-state index contributed by atoms with van der Waals surface area (Å²) in [6.07, 6.45) is 6.80. The zero-order valence-electron chi connectivity index (χ0n) is 16.9. The molecule has 0 N–H and O–H groups in total. The fourth-order valence-electron chi connectivity index (χ4n) is 4.92. The quantitative estimate of drug-likeness (QED) is 0.689. The summed E-state index contributed by atoms with van der Waals surface area (Å²) in [7, 11) is 0. The van der Waals surface area contributed by atoms with Gasteiger partial charge in [0, 0.05) is 23.7 Å². The molecule has 6 rings (SSSR count). The van der Waals surface area contributed by atoms with Gasteiger partial charge in [0.1, 0.15) is 18.2 Å². The molecule has 0 spiro atoms. The lowest BCUT2D eigenvalue weighted by Crippen LogP contribution is -2.39. The molecule has 30 heavy (non-hydrogen) atoms. The van der Waals surface area contributed by atoms with Crippen molar-refractivity contribution in [1.29, 1.82) is 0 Å². The SMILES string of the molecule is Cc1c2c(cc3c1O/C(=C\c1ccc4c(c1)OCO4)C3=O)CN(C1CCCC1)CO2. The molecule has 3 aliphatic heterocycles. The Bertz CT molecular complexity index is 1080.